The van der Waals surface area contributed by atoms with Gasteiger partial charge in [-0.3, -0.25) is 19.3 Å². The molecule has 0 spiro atoms. The summed E-state index contributed by atoms with van der Waals surface area (Å²) in [5, 5.41) is 2.72. The second kappa shape index (κ2) is 9.50. The van der Waals surface area contributed by atoms with E-state index < -0.39 is 0 Å². The number of carbonyl (C=O) groups excluding carboxylic acids is 3. The summed E-state index contributed by atoms with van der Waals surface area (Å²) in [6.07, 6.45) is 0.817. The quantitative estimate of drug-likeness (QED) is 0.822. The zero-order valence-electron chi connectivity index (χ0n) is 16.7. The van der Waals surface area contributed by atoms with Crippen molar-refractivity contribution in [3.63, 3.8) is 0 Å². The van der Waals surface area contributed by atoms with Crippen LogP contribution in [-0.4, -0.2) is 85.8 Å². The maximum absolute atomic E-state index is 12.5. The Morgan fingerprint density at radius 3 is 2.30 bits per heavy atom. The molecule has 1 saturated heterocycles. The largest absolute Gasteiger partial charge is 0.348 e. The molecule has 1 fully saturated rings. The molecule has 2 rings (SSSR count). The van der Waals surface area contributed by atoms with Gasteiger partial charge in [-0.05, 0) is 32.4 Å². The first-order valence-electron chi connectivity index (χ1n) is 9.33. The number of benzene rings is 1. The third kappa shape index (κ3) is 6.36. The van der Waals surface area contributed by atoms with E-state index in [2.05, 4.69) is 10.2 Å². The number of carbonyl (C=O) groups is 3. The van der Waals surface area contributed by atoms with Crippen molar-refractivity contribution in [2.45, 2.75) is 20.3 Å². The molecule has 0 aromatic heterocycles. The van der Waals surface area contributed by atoms with Gasteiger partial charge in [0.2, 0.25) is 11.8 Å². The lowest BCUT2D eigenvalue weighted by Crippen LogP contribution is -2.43. The van der Waals surface area contributed by atoms with Gasteiger partial charge in [0.05, 0.1) is 13.1 Å². The number of likely N-dealkylation sites (N-methyl/N-ethyl adjacent to an activating group) is 1. The van der Waals surface area contributed by atoms with Gasteiger partial charge in [-0.1, -0.05) is 17.2 Å². The average molecular weight is 374 g/mol. The van der Waals surface area contributed by atoms with Gasteiger partial charge >= 0.3 is 0 Å². The fourth-order valence-electron chi connectivity index (χ4n) is 3.19. The molecule has 1 N–H and O–H groups in total. The average Bonchev–Trinajstić information content (AvgIpc) is 2.84. The van der Waals surface area contributed by atoms with Crippen LogP contribution in [0.25, 0.3) is 0 Å². The standard InChI is InChI=1S/C20H30N4O3/c1-15-10-16(2)12-17(11-15)20(27)21-13-18(25)24-7-5-6-23(8-9-24)14-19(26)22(3)4/h10-12H,5-9,13-14H2,1-4H3,(H,21,27). The zero-order chi connectivity index (χ0) is 20.0. The molecule has 148 valence electrons. The molecule has 0 saturated carbocycles. The summed E-state index contributed by atoms with van der Waals surface area (Å²) in [4.78, 5) is 42.1. The monoisotopic (exact) mass is 374 g/mol. The van der Waals surface area contributed by atoms with Crippen molar-refractivity contribution in [2.24, 2.45) is 0 Å². The summed E-state index contributed by atoms with van der Waals surface area (Å²) < 4.78 is 0. The molecule has 1 aliphatic heterocycles. The number of nitrogens with one attached hydrogen (secondary N) is 1. The van der Waals surface area contributed by atoms with Gasteiger partial charge < -0.3 is 15.1 Å². The summed E-state index contributed by atoms with van der Waals surface area (Å²) in [6, 6.07) is 5.64. The Kier molecular flexibility index (Phi) is 7.36. The molecule has 0 aliphatic carbocycles. The second-order valence-corrected chi connectivity index (χ2v) is 7.36. The van der Waals surface area contributed by atoms with Crippen LogP contribution in [0.3, 0.4) is 0 Å². The molecule has 1 aliphatic rings. The van der Waals surface area contributed by atoms with Crippen LogP contribution in [0, 0.1) is 13.8 Å². The van der Waals surface area contributed by atoms with Gasteiger partial charge in [0.1, 0.15) is 0 Å². The zero-order valence-corrected chi connectivity index (χ0v) is 16.7. The van der Waals surface area contributed by atoms with Crippen molar-refractivity contribution in [2.75, 3.05) is 53.4 Å². The minimum Gasteiger partial charge on any atom is -0.348 e. The van der Waals surface area contributed by atoms with Crippen molar-refractivity contribution < 1.29 is 14.4 Å². The van der Waals surface area contributed by atoms with E-state index in [1.807, 2.05) is 32.0 Å². The van der Waals surface area contributed by atoms with Crippen LogP contribution in [0.2, 0.25) is 0 Å². The van der Waals surface area contributed by atoms with Crippen molar-refractivity contribution in [1.82, 2.24) is 20.0 Å². The highest BCUT2D eigenvalue weighted by Crippen LogP contribution is 2.09. The van der Waals surface area contributed by atoms with Crippen molar-refractivity contribution in [1.29, 1.82) is 0 Å². The number of nitrogens with zero attached hydrogens (tertiary/aromatic N) is 3. The van der Waals surface area contributed by atoms with Crippen LogP contribution in [0.4, 0.5) is 0 Å². The highest BCUT2D eigenvalue weighted by atomic mass is 16.2. The van der Waals surface area contributed by atoms with Gasteiger partial charge in [-0.25, -0.2) is 0 Å². The van der Waals surface area contributed by atoms with Crippen LogP contribution in [0.15, 0.2) is 18.2 Å². The minimum absolute atomic E-state index is 0.0115. The molecule has 7 heteroatoms. The van der Waals surface area contributed by atoms with Crippen LogP contribution in [0.1, 0.15) is 27.9 Å². The lowest BCUT2D eigenvalue weighted by atomic mass is 10.1. The molecule has 27 heavy (non-hydrogen) atoms. The molecule has 1 aromatic rings. The Hall–Kier alpha value is -2.41. The van der Waals surface area contributed by atoms with E-state index in [1.54, 1.807) is 23.9 Å². The maximum Gasteiger partial charge on any atom is 0.251 e. The van der Waals surface area contributed by atoms with Crippen LogP contribution >= 0.6 is 0 Å². The molecular weight excluding hydrogens is 344 g/mol. The Morgan fingerprint density at radius 2 is 1.67 bits per heavy atom. The van der Waals surface area contributed by atoms with Crippen molar-refractivity contribution in [3.05, 3.63) is 34.9 Å². The molecule has 7 nitrogen and oxygen atoms in total. The van der Waals surface area contributed by atoms with E-state index in [4.69, 9.17) is 0 Å². The Labute approximate surface area is 161 Å². The second-order valence-electron chi connectivity index (χ2n) is 7.36. The van der Waals surface area contributed by atoms with E-state index >= 15 is 0 Å². The Morgan fingerprint density at radius 1 is 1.00 bits per heavy atom. The van der Waals surface area contributed by atoms with E-state index in [0.717, 1.165) is 24.1 Å². The fraction of sp³-hybridized carbons (Fsp3) is 0.550. The predicted octanol–water partition coefficient (Wildman–Crippen LogP) is 0.656. The number of hydrogen-bond donors (Lipinski definition) is 1. The lowest BCUT2D eigenvalue weighted by molar-refractivity contribution is -0.130. The lowest BCUT2D eigenvalue weighted by Gasteiger charge is -2.23. The molecular formula is C20H30N4O3. The molecule has 0 bridgehead atoms. The third-order valence-corrected chi connectivity index (χ3v) is 4.68. The first kappa shape index (κ1) is 20.9. The van der Waals surface area contributed by atoms with Gasteiger partial charge in [0.15, 0.2) is 0 Å². The Bertz CT molecular complexity index is 682. The topological polar surface area (TPSA) is 73.0 Å². The fourth-order valence-corrected chi connectivity index (χ4v) is 3.19. The van der Waals surface area contributed by atoms with Crippen molar-refractivity contribution >= 4 is 17.7 Å². The van der Waals surface area contributed by atoms with Gasteiger partial charge in [-0.2, -0.15) is 0 Å². The number of aryl methyl sites for hydroxylation is 2. The predicted molar refractivity (Wildman–Crippen MR) is 105 cm³/mol. The summed E-state index contributed by atoms with van der Waals surface area (Å²) >= 11 is 0. The molecule has 1 heterocycles. The molecule has 0 atom stereocenters. The number of rotatable bonds is 5. The summed E-state index contributed by atoms with van der Waals surface area (Å²) in [7, 11) is 3.49. The molecule has 0 radical (unpaired) electrons. The smallest absolute Gasteiger partial charge is 0.251 e. The van der Waals surface area contributed by atoms with E-state index in [0.29, 0.717) is 31.7 Å². The first-order valence-corrected chi connectivity index (χ1v) is 9.33. The van der Waals surface area contributed by atoms with Gasteiger partial charge in [0.25, 0.3) is 5.91 Å². The first-order chi connectivity index (χ1) is 12.8. The van der Waals surface area contributed by atoms with Crippen LogP contribution in [0.5, 0.6) is 0 Å². The number of amides is 3. The Balaban J connectivity index is 1.83. The SMILES string of the molecule is Cc1cc(C)cc(C(=O)NCC(=O)N2CCCN(CC(=O)N(C)C)CC2)c1. The van der Waals surface area contributed by atoms with E-state index in [9.17, 15) is 14.4 Å². The van der Waals surface area contributed by atoms with Crippen LogP contribution < -0.4 is 5.32 Å². The maximum atomic E-state index is 12.5. The number of hydrogen-bond acceptors (Lipinski definition) is 4. The molecule has 0 unspecified atom stereocenters. The normalized spacial score (nSPS) is 15.2. The molecule has 3 amide bonds. The minimum atomic E-state index is -0.233. The highest BCUT2D eigenvalue weighted by molar-refractivity contribution is 5.96. The van der Waals surface area contributed by atoms with Crippen LogP contribution in [-0.2, 0) is 9.59 Å². The summed E-state index contributed by atoms with van der Waals surface area (Å²) in [5.41, 5.74) is 2.61. The summed E-state index contributed by atoms with van der Waals surface area (Å²) in [6.45, 7) is 6.91. The highest BCUT2D eigenvalue weighted by Gasteiger charge is 2.21. The molecule has 1 aromatic carbocycles. The van der Waals surface area contributed by atoms with E-state index in [1.165, 1.54) is 0 Å². The van der Waals surface area contributed by atoms with Gasteiger partial charge in [0, 0.05) is 45.8 Å². The van der Waals surface area contributed by atoms with Crippen molar-refractivity contribution in [3.8, 4) is 0 Å². The van der Waals surface area contributed by atoms with E-state index in [-0.39, 0.29) is 24.3 Å². The summed E-state index contributed by atoms with van der Waals surface area (Å²) in [5.74, 6) is -0.257. The third-order valence-electron chi connectivity index (χ3n) is 4.68. The van der Waals surface area contributed by atoms with Gasteiger partial charge in [-0.15, -0.1) is 0 Å².